The third-order valence-electron chi connectivity index (χ3n) is 0.837. The molecule has 4 nitrogen and oxygen atoms in total. The molecule has 0 saturated carbocycles. The zero-order chi connectivity index (χ0) is 6.15. The van der Waals surface area contributed by atoms with Gasteiger partial charge in [-0.3, -0.25) is 4.79 Å². The number of carboxylic acid groups (broad SMARTS) is 1. The summed E-state index contributed by atoms with van der Waals surface area (Å²) in [6.45, 7) is 0.269. The first-order valence-electron chi connectivity index (χ1n) is 2.10. The van der Waals surface area contributed by atoms with E-state index in [0.29, 0.717) is 0 Å². The van der Waals surface area contributed by atoms with Gasteiger partial charge in [0.1, 0.15) is 0 Å². The smallest absolute Gasteiger partial charge is 0.375 e. The van der Waals surface area contributed by atoms with E-state index in [4.69, 9.17) is 5.11 Å². The Bertz CT molecular complexity index is 135. The number of carbonyl (C=O) groups is 2. The minimum absolute atomic E-state index is 0.269. The number of Topliss-reactive ketones (excluding diaryl/α,β-unsaturated/α-hetero) is 1. The molecular weight excluding hydrogens is 112 g/mol. The third kappa shape index (κ3) is 0.840. The van der Waals surface area contributed by atoms with Gasteiger partial charge in [0.2, 0.25) is 0 Å². The number of epoxide rings is 1. The Kier molecular flexibility index (Phi) is 1.02. The lowest BCUT2D eigenvalue weighted by Crippen LogP contribution is -2.18. The maximum Gasteiger partial charge on any atom is 0.375 e. The lowest BCUT2D eigenvalue weighted by Gasteiger charge is -1.80. The van der Waals surface area contributed by atoms with Gasteiger partial charge in [0.05, 0.1) is 6.61 Å². The van der Waals surface area contributed by atoms with E-state index in [2.05, 4.69) is 4.74 Å². The molecule has 0 aromatic rings. The second kappa shape index (κ2) is 1.56. The normalized spacial score (nSPS) is 24.8. The summed E-state index contributed by atoms with van der Waals surface area (Å²) in [5.41, 5.74) is 0. The highest BCUT2D eigenvalue weighted by molar-refractivity contribution is 6.35. The van der Waals surface area contributed by atoms with Gasteiger partial charge in [-0.05, 0) is 0 Å². The van der Waals surface area contributed by atoms with Crippen LogP contribution in [0.4, 0.5) is 0 Å². The first kappa shape index (κ1) is 5.24. The van der Waals surface area contributed by atoms with Crippen molar-refractivity contribution in [3.05, 3.63) is 0 Å². The molecule has 0 amide bonds. The second-order valence-corrected chi connectivity index (χ2v) is 1.49. The van der Waals surface area contributed by atoms with Crippen LogP contribution in [0, 0.1) is 0 Å². The van der Waals surface area contributed by atoms with Gasteiger partial charge in [-0.1, -0.05) is 0 Å². The van der Waals surface area contributed by atoms with Crippen LogP contribution in [0.5, 0.6) is 0 Å². The second-order valence-electron chi connectivity index (χ2n) is 1.49. The highest BCUT2D eigenvalue weighted by Gasteiger charge is 2.35. The van der Waals surface area contributed by atoms with Crippen LogP contribution in [0.25, 0.3) is 0 Å². The van der Waals surface area contributed by atoms with Crippen molar-refractivity contribution in [1.82, 2.24) is 0 Å². The van der Waals surface area contributed by atoms with Gasteiger partial charge >= 0.3 is 5.97 Å². The van der Waals surface area contributed by atoms with Gasteiger partial charge in [-0.15, -0.1) is 0 Å². The van der Waals surface area contributed by atoms with Crippen LogP contribution < -0.4 is 0 Å². The van der Waals surface area contributed by atoms with Gasteiger partial charge in [-0.25, -0.2) is 4.79 Å². The summed E-state index contributed by atoms with van der Waals surface area (Å²) in [6, 6.07) is 0. The molecule has 1 N–H and O–H groups in total. The fraction of sp³-hybridized carbons (Fsp3) is 0.500. The fourth-order valence-corrected chi connectivity index (χ4v) is 0.337. The lowest BCUT2D eigenvalue weighted by molar-refractivity contribution is -0.149. The largest absolute Gasteiger partial charge is 0.475 e. The van der Waals surface area contributed by atoms with Gasteiger partial charge in [-0.2, -0.15) is 0 Å². The molecule has 0 radical (unpaired) electrons. The number of ether oxygens (including phenoxy) is 1. The molecule has 1 fully saturated rings. The molecular formula is C4H4O4. The van der Waals surface area contributed by atoms with E-state index in [1.807, 2.05) is 0 Å². The van der Waals surface area contributed by atoms with Crippen molar-refractivity contribution in [3.63, 3.8) is 0 Å². The van der Waals surface area contributed by atoms with E-state index in [1.54, 1.807) is 0 Å². The molecule has 44 valence electrons. The molecule has 0 bridgehead atoms. The predicted octanol–water partition coefficient (Wildman–Crippen LogP) is -0.961. The van der Waals surface area contributed by atoms with Crippen molar-refractivity contribution < 1.29 is 19.4 Å². The Morgan fingerprint density at radius 1 is 1.62 bits per heavy atom. The summed E-state index contributed by atoms with van der Waals surface area (Å²) in [7, 11) is 0. The average molecular weight is 116 g/mol. The molecule has 1 rings (SSSR count). The molecule has 0 spiro atoms. The number of carboxylic acids is 1. The Morgan fingerprint density at radius 3 is 2.25 bits per heavy atom. The summed E-state index contributed by atoms with van der Waals surface area (Å²) in [5, 5.41) is 7.96. The fourth-order valence-electron chi connectivity index (χ4n) is 0.337. The van der Waals surface area contributed by atoms with Crippen LogP contribution in [0.2, 0.25) is 0 Å². The first-order valence-corrected chi connectivity index (χ1v) is 2.10. The summed E-state index contributed by atoms with van der Waals surface area (Å²) in [4.78, 5) is 19.9. The first-order chi connectivity index (χ1) is 3.72. The average Bonchev–Trinajstić information content (AvgIpc) is 2.43. The molecule has 1 unspecified atom stereocenters. The van der Waals surface area contributed by atoms with Crippen molar-refractivity contribution in [3.8, 4) is 0 Å². The van der Waals surface area contributed by atoms with E-state index < -0.39 is 17.9 Å². The van der Waals surface area contributed by atoms with E-state index in [9.17, 15) is 9.59 Å². The Labute approximate surface area is 45.1 Å². The predicted molar refractivity (Wildman–Crippen MR) is 22.4 cm³/mol. The Balaban J connectivity index is 2.45. The molecule has 1 heterocycles. The minimum atomic E-state index is -1.41. The molecule has 0 aromatic carbocycles. The van der Waals surface area contributed by atoms with E-state index in [1.165, 1.54) is 0 Å². The Morgan fingerprint density at radius 2 is 2.12 bits per heavy atom. The van der Waals surface area contributed by atoms with Crippen LogP contribution in [0.15, 0.2) is 0 Å². The van der Waals surface area contributed by atoms with Gasteiger partial charge in [0.15, 0.2) is 6.10 Å². The highest BCUT2D eigenvalue weighted by atomic mass is 16.6. The zero-order valence-corrected chi connectivity index (χ0v) is 3.96. The van der Waals surface area contributed by atoms with Crippen molar-refractivity contribution >= 4 is 11.8 Å². The van der Waals surface area contributed by atoms with Gasteiger partial charge in [0.25, 0.3) is 5.78 Å². The maximum atomic E-state index is 10.2. The van der Waals surface area contributed by atoms with Crippen molar-refractivity contribution in [2.45, 2.75) is 6.10 Å². The Hall–Kier alpha value is -0.900. The van der Waals surface area contributed by atoms with Gasteiger partial charge in [0, 0.05) is 0 Å². The lowest BCUT2D eigenvalue weighted by atomic mass is 10.3. The topological polar surface area (TPSA) is 66.9 Å². The van der Waals surface area contributed by atoms with Gasteiger partial charge < -0.3 is 9.84 Å². The van der Waals surface area contributed by atoms with Crippen LogP contribution in [0.3, 0.4) is 0 Å². The van der Waals surface area contributed by atoms with Crippen molar-refractivity contribution in [2.75, 3.05) is 6.61 Å². The molecule has 1 aliphatic rings. The van der Waals surface area contributed by atoms with Crippen LogP contribution in [-0.2, 0) is 14.3 Å². The van der Waals surface area contributed by atoms with Crippen molar-refractivity contribution in [2.24, 2.45) is 0 Å². The third-order valence-corrected chi connectivity index (χ3v) is 0.837. The number of carbonyl (C=O) groups excluding carboxylic acids is 1. The maximum absolute atomic E-state index is 10.2. The summed E-state index contributed by atoms with van der Waals surface area (Å²) >= 11 is 0. The molecule has 8 heavy (non-hydrogen) atoms. The number of hydrogen-bond donors (Lipinski definition) is 1. The van der Waals surface area contributed by atoms with E-state index >= 15 is 0 Å². The quantitative estimate of drug-likeness (QED) is 0.372. The molecule has 0 aliphatic carbocycles. The zero-order valence-electron chi connectivity index (χ0n) is 3.96. The number of ketones is 1. The van der Waals surface area contributed by atoms with E-state index in [-0.39, 0.29) is 6.61 Å². The monoisotopic (exact) mass is 116 g/mol. The van der Waals surface area contributed by atoms with Crippen LogP contribution in [0.1, 0.15) is 0 Å². The van der Waals surface area contributed by atoms with E-state index in [0.717, 1.165) is 0 Å². The molecule has 1 aliphatic heterocycles. The number of aliphatic carboxylic acids is 1. The summed E-state index contributed by atoms with van der Waals surface area (Å²) < 4.78 is 4.40. The molecule has 1 saturated heterocycles. The molecule has 1 atom stereocenters. The van der Waals surface area contributed by atoms with Crippen LogP contribution in [-0.4, -0.2) is 29.6 Å². The molecule has 0 aromatic heterocycles. The number of rotatable bonds is 2. The summed E-state index contributed by atoms with van der Waals surface area (Å²) in [5.74, 6) is -2.25. The van der Waals surface area contributed by atoms with Crippen LogP contribution >= 0.6 is 0 Å². The molecule has 4 heteroatoms. The standard InChI is InChI=1S/C4H4O4/c5-3(4(6)7)2-1-8-2/h2H,1H2,(H,6,7). The SMILES string of the molecule is O=C(O)C(=O)C1CO1. The summed E-state index contributed by atoms with van der Waals surface area (Å²) in [6.07, 6.45) is -0.646. The number of hydrogen-bond acceptors (Lipinski definition) is 3. The minimum Gasteiger partial charge on any atom is -0.475 e. The van der Waals surface area contributed by atoms with Crippen molar-refractivity contribution in [1.29, 1.82) is 0 Å². The highest BCUT2D eigenvalue weighted by Crippen LogP contribution is 2.08.